The van der Waals surface area contributed by atoms with E-state index >= 15 is 0 Å². The Bertz CT molecular complexity index is 1320. The summed E-state index contributed by atoms with van der Waals surface area (Å²) < 4.78 is 5.90. The Kier molecular flexibility index (Phi) is 7.66. The van der Waals surface area contributed by atoms with Crippen molar-refractivity contribution in [1.29, 1.82) is 0 Å². The molecule has 2 N–H and O–H groups in total. The molecule has 4 aromatic rings. The third-order valence-corrected chi connectivity index (χ3v) is 5.13. The topological polar surface area (TPSA) is 80.3 Å². The molecule has 3 aromatic carbocycles. The van der Waals surface area contributed by atoms with E-state index in [4.69, 9.17) is 4.74 Å². The first-order valence-corrected chi connectivity index (χ1v) is 11.2. The van der Waals surface area contributed by atoms with E-state index in [1.807, 2.05) is 73.7 Å². The second-order valence-corrected chi connectivity index (χ2v) is 7.91. The van der Waals surface area contributed by atoms with Crippen molar-refractivity contribution in [2.45, 2.75) is 13.5 Å². The molecule has 0 saturated carbocycles. The third-order valence-electron chi connectivity index (χ3n) is 5.13. The second-order valence-electron chi connectivity index (χ2n) is 7.91. The number of hydrogen-bond donors (Lipinski definition) is 2. The Morgan fingerprint density at radius 1 is 0.886 bits per heavy atom. The van der Waals surface area contributed by atoms with Crippen LogP contribution in [0, 0.1) is 6.92 Å². The van der Waals surface area contributed by atoms with Crippen LogP contribution in [0.15, 0.2) is 109 Å². The van der Waals surface area contributed by atoms with Crippen LogP contribution in [0.1, 0.15) is 27.0 Å². The zero-order chi connectivity index (χ0) is 24.5. The summed E-state index contributed by atoms with van der Waals surface area (Å²) >= 11 is 0. The summed E-state index contributed by atoms with van der Waals surface area (Å²) in [6.07, 6.45) is 4.98. The molecule has 2 amide bonds. The molecular weight excluding hydrogens is 438 g/mol. The molecule has 4 rings (SSSR count). The van der Waals surface area contributed by atoms with Gasteiger partial charge in [0.2, 0.25) is 0 Å². The van der Waals surface area contributed by atoms with E-state index in [9.17, 15) is 9.59 Å². The van der Waals surface area contributed by atoms with Gasteiger partial charge in [0.1, 0.15) is 17.2 Å². The Morgan fingerprint density at radius 3 is 2.40 bits per heavy atom. The number of aromatic nitrogens is 1. The molecule has 0 spiro atoms. The van der Waals surface area contributed by atoms with Crippen molar-refractivity contribution in [1.82, 2.24) is 15.6 Å². The summed E-state index contributed by atoms with van der Waals surface area (Å²) in [5, 5.41) is 5.61. The van der Waals surface area contributed by atoms with Gasteiger partial charge in [-0.2, -0.15) is 0 Å². The maximum Gasteiger partial charge on any atom is 0.268 e. The number of aryl methyl sites for hydroxylation is 1. The van der Waals surface area contributed by atoms with Crippen molar-refractivity contribution < 1.29 is 14.3 Å². The highest BCUT2D eigenvalue weighted by Gasteiger charge is 2.15. The average molecular weight is 464 g/mol. The van der Waals surface area contributed by atoms with E-state index in [0.29, 0.717) is 22.6 Å². The molecule has 0 aliphatic carbocycles. The van der Waals surface area contributed by atoms with Gasteiger partial charge in [-0.25, -0.2) is 0 Å². The van der Waals surface area contributed by atoms with Crippen molar-refractivity contribution in [3.63, 3.8) is 0 Å². The van der Waals surface area contributed by atoms with E-state index in [1.165, 1.54) is 0 Å². The molecule has 1 aromatic heterocycles. The molecule has 0 bridgehead atoms. The number of amides is 2. The number of nitrogens with one attached hydrogen (secondary N) is 2. The summed E-state index contributed by atoms with van der Waals surface area (Å²) in [5.74, 6) is 0.536. The highest BCUT2D eigenvalue weighted by molar-refractivity contribution is 6.05. The Morgan fingerprint density at radius 2 is 1.66 bits per heavy atom. The van der Waals surface area contributed by atoms with E-state index in [0.717, 1.165) is 11.1 Å². The molecule has 6 nitrogen and oxygen atoms in total. The molecular formula is C29H25N3O3. The average Bonchev–Trinajstić information content (AvgIpc) is 2.88. The van der Waals surface area contributed by atoms with Crippen LogP contribution in [0.5, 0.6) is 11.5 Å². The third kappa shape index (κ3) is 6.88. The van der Waals surface area contributed by atoms with Crippen molar-refractivity contribution in [3.8, 4) is 11.5 Å². The highest BCUT2D eigenvalue weighted by Crippen LogP contribution is 2.22. The van der Waals surface area contributed by atoms with E-state index in [2.05, 4.69) is 15.6 Å². The number of ether oxygens (including phenoxy) is 1. The minimum absolute atomic E-state index is 0.122. The first-order valence-electron chi connectivity index (χ1n) is 11.2. The largest absolute Gasteiger partial charge is 0.457 e. The van der Waals surface area contributed by atoms with Crippen LogP contribution in [0.2, 0.25) is 0 Å². The van der Waals surface area contributed by atoms with Crippen LogP contribution >= 0.6 is 0 Å². The maximum atomic E-state index is 13.1. The van der Waals surface area contributed by atoms with Crippen LogP contribution in [0.4, 0.5) is 0 Å². The molecule has 0 radical (unpaired) electrons. The first-order chi connectivity index (χ1) is 17.1. The molecule has 0 atom stereocenters. The van der Waals surface area contributed by atoms with Crippen molar-refractivity contribution in [3.05, 3.63) is 131 Å². The molecule has 0 saturated heterocycles. The Hall–Kier alpha value is -4.71. The molecule has 35 heavy (non-hydrogen) atoms. The fraction of sp³-hybridized carbons (Fsp3) is 0.0690. The summed E-state index contributed by atoms with van der Waals surface area (Å²) in [6.45, 7) is 2.23. The molecule has 6 heteroatoms. The van der Waals surface area contributed by atoms with Crippen molar-refractivity contribution in [2.24, 2.45) is 0 Å². The number of rotatable bonds is 8. The minimum atomic E-state index is -0.413. The van der Waals surface area contributed by atoms with Gasteiger partial charge in [-0.15, -0.1) is 0 Å². The Balaban J connectivity index is 1.57. The lowest BCUT2D eigenvalue weighted by Gasteiger charge is -2.12. The zero-order valence-corrected chi connectivity index (χ0v) is 19.3. The molecule has 0 aliphatic rings. The maximum absolute atomic E-state index is 13.1. The highest BCUT2D eigenvalue weighted by atomic mass is 16.5. The fourth-order valence-corrected chi connectivity index (χ4v) is 3.30. The van der Waals surface area contributed by atoms with Gasteiger partial charge < -0.3 is 15.4 Å². The van der Waals surface area contributed by atoms with E-state index < -0.39 is 5.91 Å². The molecule has 1 heterocycles. The standard InChI is InChI=1S/C29H25N3O3/c1-21-12-14-24(15-13-21)28(33)32-27(29(34)31-20-23-8-6-16-30-19-23)18-22-7-5-11-26(17-22)35-25-9-3-2-4-10-25/h2-19H,20H2,1H3,(H,31,34)(H,32,33)/b27-18-. The summed E-state index contributed by atoms with van der Waals surface area (Å²) in [7, 11) is 0. The van der Waals surface area contributed by atoms with Crippen LogP contribution in [-0.2, 0) is 11.3 Å². The molecule has 0 aliphatic heterocycles. The zero-order valence-electron chi connectivity index (χ0n) is 19.3. The number of hydrogen-bond acceptors (Lipinski definition) is 4. The summed E-state index contributed by atoms with van der Waals surface area (Å²) in [6, 6.07) is 27.6. The van der Waals surface area contributed by atoms with Crippen LogP contribution in [-0.4, -0.2) is 16.8 Å². The van der Waals surface area contributed by atoms with Gasteiger partial charge in [-0.3, -0.25) is 14.6 Å². The van der Waals surface area contributed by atoms with Gasteiger partial charge in [0.05, 0.1) is 0 Å². The van der Waals surface area contributed by atoms with Gasteiger partial charge in [-0.1, -0.05) is 54.1 Å². The quantitative estimate of drug-likeness (QED) is 0.349. The van der Waals surface area contributed by atoms with Crippen LogP contribution < -0.4 is 15.4 Å². The van der Waals surface area contributed by atoms with Gasteiger partial charge in [0.15, 0.2) is 0 Å². The van der Waals surface area contributed by atoms with E-state index in [-0.39, 0.29) is 18.1 Å². The molecule has 0 unspecified atom stereocenters. The first kappa shape index (κ1) is 23.4. The predicted octanol–water partition coefficient (Wildman–Crippen LogP) is 5.27. The van der Waals surface area contributed by atoms with Gasteiger partial charge in [-0.05, 0) is 66.6 Å². The lowest BCUT2D eigenvalue weighted by molar-refractivity contribution is -0.117. The van der Waals surface area contributed by atoms with Gasteiger partial charge in [0.25, 0.3) is 11.8 Å². The number of nitrogens with zero attached hydrogens (tertiary/aromatic N) is 1. The second kappa shape index (κ2) is 11.4. The smallest absolute Gasteiger partial charge is 0.268 e. The van der Waals surface area contributed by atoms with Gasteiger partial charge >= 0.3 is 0 Å². The number of benzene rings is 3. The van der Waals surface area contributed by atoms with Crippen molar-refractivity contribution in [2.75, 3.05) is 0 Å². The predicted molar refractivity (Wildman–Crippen MR) is 136 cm³/mol. The van der Waals surface area contributed by atoms with Crippen molar-refractivity contribution >= 4 is 17.9 Å². The lowest BCUT2D eigenvalue weighted by atomic mass is 10.1. The number of pyridine rings is 1. The van der Waals surface area contributed by atoms with Crippen LogP contribution in [0.25, 0.3) is 6.08 Å². The SMILES string of the molecule is Cc1ccc(C(=O)N/C(=C\c2cccc(Oc3ccccc3)c2)C(=O)NCc2cccnc2)cc1. The molecule has 174 valence electrons. The lowest BCUT2D eigenvalue weighted by Crippen LogP contribution is -2.34. The Labute approximate surface area is 204 Å². The fourth-order valence-electron chi connectivity index (χ4n) is 3.30. The summed E-state index contributed by atoms with van der Waals surface area (Å²) in [4.78, 5) is 30.0. The normalized spacial score (nSPS) is 10.9. The summed E-state index contributed by atoms with van der Waals surface area (Å²) in [5.41, 5.74) is 3.18. The number of para-hydroxylation sites is 1. The monoisotopic (exact) mass is 463 g/mol. The molecule has 0 fully saturated rings. The van der Waals surface area contributed by atoms with E-state index in [1.54, 1.807) is 42.7 Å². The van der Waals surface area contributed by atoms with Crippen LogP contribution in [0.3, 0.4) is 0 Å². The minimum Gasteiger partial charge on any atom is -0.457 e. The number of carbonyl (C=O) groups is 2. The number of carbonyl (C=O) groups excluding carboxylic acids is 2. The van der Waals surface area contributed by atoms with Gasteiger partial charge in [0, 0.05) is 24.5 Å².